The van der Waals surface area contributed by atoms with Crippen LogP contribution in [-0.4, -0.2) is 35.0 Å². The van der Waals surface area contributed by atoms with Crippen molar-refractivity contribution in [3.05, 3.63) is 60.2 Å². The summed E-state index contributed by atoms with van der Waals surface area (Å²) in [7, 11) is 0. The van der Waals surface area contributed by atoms with Crippen molar-refractivity contribution in [2.75, 3.05) is 0 Å². The molecule has 2 aromatic carbocycles. The van der Waals surface area contributed by atoms with E-state index < -0.39 is 29.9 Å². The van der Waals surface area contributed by atoms with Gasteiger partial charge in [0, 0.05) is 6.54 Å². The fourth-order valence-corrected chi connectivity index (χ4v) is 2.42. The normalized spacial score (nSPS) is 12.7. The molecule has 0 spiro atoms. The maximum Gasteiger partial charge on any atom is 0.325 e. The Morgan fingerprint density at radius 1 is 1.00 bits per heavy atom. The van der Waals surface area contributed by atoms with Crippen molar-refractivity contribution in [2.45, 2.75) is 32.0 Å². The molecular formula is C20H23N3O4. The van der Waals surface area contributed by atoms with E-state index in [2.05, 4.69) is 10.6 Å². The first kappa shape index (κ1) is 20.1. The molecule has 0 aliphatic rings. The molecule has 2 aromatic rings. The Hall–Kier alpha value is -3.19. The maximum absolute atomic E-state index is 12.0. The van der Waals surface area contributed by atoms with Gasteiger partial charge in [-0.05, 0) is 23.6 Å². The van der Waals surface area contributed by atoms with Crippen molar-refractivity contribution in [3.8, 4) is 11.1 Å². The molecule has 2 rings (SSSR count). The average molecular weight is 369 g/mol. The van der Waals surface area contributed by atoms with Crippen LogP contribution in [0.15, 0.2) is 54.6 Å². The number of benzene rings is 2. The van der Waals surface area contributed by atoms with Crippen LogP contribution in [0.4, 0.5) is 0 Å². The molecule has 5 N–H and O–H groups in total. The van der Waals surface area contributed by atoms with Crippen LogP contribution in [0.25, 0.3) is 11.1 Å². The van der Waals surface area contributed by atoms with Gasteiger partial charge < -0.3 is 21.5 Å². The van der Waals surface area contributed by atoms with Crippen molar-refractivity contribution in [1.82, 2.24) is 10.6 Å². The number of hydrogen-bond donors (Lipinski definition) is 4. The van der Waals surface area contributed by atoms with Gasteiger partial charge in [0.15, 0.2) is 0 Å². The van der Waals surface area contributed by atoms with Gasteiger partial charge in [-0.3, -0.25) is 14.4 Å². The van der Waals surface area contributed by atoms with Gasteiger partial charge in [0.1, 0.15) is 6.04 Å². The first-order chi connectivity index (χ1) is 12.9. The molecular weight excluding hydrogens is 346 g/mol. The van der Waals surface area contributed by atoms with E-state index in [-0.39, 0.29) is 13.0 Å². The molecule has 0 unspecified atom stereocenters. The molecule has 0 bridgehead atoms. The minimum absolute atomic E-state index is 0.281. The smallest absolute Gasteiger partial charge is 0.325 e. The SMILES string of the molecule is C[C@@H](NC(=O)C[C@H](N)C(=O)NCc1ccc(-c2ccccc2)cc1)C(=O)O. The monoisotopic (exact) mass is 369 g/mol. The highest BCUT2D eigenvalue weighted by molar-refractivity contribution is 5.89. The number of carboxylic acids is 1. The van der Waals surface area contributed by atoms with Crippen LogP contribution in [-0.2, 0) is 20.9 Å². The lowest BCUT2D eigenvalue weighted by molar-refractivity contribution is -0.141. The van der Waals surface area contributed by atoms with Gasteiger partial charge in [-0.15, -0.1) is 0 Å². The number of amides is 2. The summed E-state index contributed by atoms with van der Waals surface area (Å²) in [5.74, 6) is -2.21. The van der Waals surface area contributed by atoms with E-state index in [4.69, 9.17) is 10.8 Å². The van der Waals surface area contributed by atoms with Crippen molar-refractivity contribution < 1.29 is 19.5 Å². The quantitative estimate of drug-likeness (QED) is 0.558. The summed E-state index contributed by atoms with van der Waals surface area (Å²) in [6.45, 7) is 1.62. The molecule has 0 aliphatic carbocycles. The molecule has 0 heterocycles. The highest BCUT2D eigenvalue weighted by Crippen LogP contribution is 2.19. The van der Waals surface area contributed by atoms with E-state index in [0.717, 1.165) is 16.7 Å². The lowest BCUT2D eigenvalue weighted by Crippen LogP contribution is -2.46. The zero-order chi connectivity index (χ0) is 19.8. The van der Waals surface area contributed by atoms with E-state index in [9.17, 15) is 14.4 Å². The number of nitrogens with one attached hydrogen (secondary N) is 2. The summed E-state index contributed by atoms with van der Waals surface area (Å²) in [5.41, 5.74) is 8.80. The molecule has 7 nitrogen and oxygen atoms in total. The second-order valence-electron chi connectivity index (χ2n) is 6.22. The zero-order valence-corrected chi connectivity index (χ0v) is 15.0. The van der Waals surface area contributed by atoms with Crippen LogP contribution >= 0.6 is 0 Å². The minimum Gasteiger partial charge on any atom is -0.480 e. The Morgan fingerprint density at radius 3 is 2.19 bits per heavy atom. The number of carbonyl (C=O) groups excluding carboxylic acids is 2. The summed E-state index contributed by atoms with van der Waals surface area (Å²) in [5, 5.41) is 13.7. The van der Waals surface area contributed by atoms with Crippen molar-refractivity contribution in [1.29, 1.82) is 0 Å². The van der Waals surface area contributed by atoms with E-state index >= 15 is 0 Å². The van der Waals surface area contributed by atoms with Gasteiger partial charge in [0.2, 0.25) is 11.8 Å². The van der Waals surface area contributed by atoms with Crippen molar-refractivity contribution in [2.24, 2.45) is 5.73 Å². The fourth-order valence-electron chi connectivity index (χ4n) is 2.42. The predicted octanol–water partition coefficient (Wildman–Crippen LogP) is 1.28. The first-order valence-corrected chi connectivity index (χ1v) is 8.56. The molecule has 2 amide bonds. The Labute approximate surface area is 157 Å². The third kappa shape index (κ3) is 6.23. The molecule has 2 atom stereocenters. The van der Waals surface area contributed by atoms with Crippen molar-refractivity contribution in [3.63, 3.8) is 0 Å². The predicted molar refractivity (Wildman–Crippen MR) is 102 cm³/mol. The number of nitrogens with two attached hydrogens (primary N) is 1. The van der Waals surface area contributed by atoms with E-state index in [1.54, 1.807) is 0 Å². The van der Waals surface area contributed by atoms with Gasteiger partial charge in [0.05, 0.1) is 12.5 Å². The molecule has 0 radical (unpaired) electrons. The summed E-state index contributed by atoms with van der Waals surface area (Å²) in [4.78, 5) is 34.4. The number of aliphatic carboxylic acids is 1. The fraction of sp³-hybridized carbons (Fsp3) is 0.250. The van der Waals surface area contributed by atoms with Crippen LogP contribution in [0.3, 0.4) is 0 Å². The molecule has 0 fully saturated rings. The number of hydrogen-bond acceptors (Lipinski definition) is 4. The summed E-state index contributed by atoms with van der Waals surface area (Å²) < 4.78 is 0. The second-order valence-corrected chi connectivity index (χ2v) is 6.22. The molecule has 27 heavy (non-hydrogen) atoms. The molecule has 0 saturated carbocycles. The summed E-state index contributed by atoms with van der Waals surface area (Å²) >= 11 is 0. The highest BCUT2D eigenvalue weighted by Gasteiger charge is 2.20. The standard InChI is InChI=1S/C20H23N3O4/c1-13(20(26)27)23-18(24)11-17(21)19(25)22-12-14-7-9-16(10-8-14)15-5-3-2-4-6-15/h2-10,13,17H,11-12,21H2,1H3,(H,22,25)(H,23,24)(H,26,27)/t13-,17+/m1/s1. The number of carboxylic acid groups (broad SMARTS) is 1. The van der Waals surface area contributed by atoms with Gasteiger partial charge in [-0.25, -0.2) is 0 Å². The van der Waals surface area contributed by atoms with E-state index in [1.165, 1.54) is 6.92 Å². The Morgan fingerprint density at radius 2 is 1.59 bits per heavy atom. The lowest BCUT2D eigenvalue weighted by Gasteiger charge is -2.14. The number of carbonyl (C=O) groups is 3. The van der Waals surface area contributed by atoms with Gasteiger partial charge >= 0.3 is 5.97 Å². The zero-order valence-electron chi connectivity index (χ0n) is 15.0. The summed E-state index contributed by atoms with van der Waals surface area (Å²) in [6, 6.07) is 15.6. The topological polar surface area (TPSA) is 122 Å². The van der Waals surface area contributed by atoms with Crippen LogP contribution in [0, 0.1) is 0 Å². The van der Waals surface area contributed by atoms with Crippen LogP contribution < -0.4 is 16.4 Å². The third-order valence-electron chi connectivity index (χ3n) is 4.02. The van der Waals surface area contributed by atoms with Crippen LogP contribution in [0.2, 0.25) is 0 Å². The second kappa shape index (κ2) is 9.49. The Bertz CT molecular complexity index is 791. The van der Waals surface area contributed by atoms with E-state index in [0.29, 0.717) is 0 Å². The summed E-state index contributed by atoms with van der Waals surface area (Å²) in [6.07, 6.45) is -0.281. The lowest BCUT2D eigenvalue weighted by atomic mass is 10.0. The molecule has 142 valence electrons. The van der Waals surface area contributed by atoms with Gasteiger partial charge in [-0.2, -0.15) is 0 Å². The van der Waals surface area contributed by atoms with Gasteiger partial charge in [0.25, 0.3) is 0 Å². The number of rotatable bonds is 8. The van der Waals surface area contributed by atoms with Gasteiger partial charge in [-0.1, -0.05) is 54.6 Å². The third-order valence-corrected chi connectivity index (χ3v) is 4.02. The average Bonchev–Trinajstić information content (AvgIpc) is 2.66. The van der Waals surface area contributed by atoms with Crippen molar-refractivity contribution >= 4 is 17.8 Å². The highest BCUT2D eigenvalue weighted by atomic mass is 16.4. The molecule has 7 heteroatoms. The maximum atomic E-state index is 12.0. The van der Waals surface area contributed by atoms with Crippen LogP contribution in [0.5, 0.6) is 0 Å². The molecule has 0 saturated heterocycles. The minimum atomic E-state index is -1.15. The molecule has 0 aromatic heterocycles. The Kier molecular flexibility index (Phi) is 7.08. The first-order valence-electron chi connectivity index (χ1n) is 8.56. The van der Waals surface area contributed by atoms with Crippen LogP contribution in [0.1, 0.15) is 18.9 Å². The largest absolute Gasteiger partial charge is 0.480 e. The Balaban J connectivity index is 1.82. The van der Waals surface area contributed by atoms with E-state index in [1.807, 2.05) is 54.6 Å². The molecule has 0 aliphatic heterocycles.